The maximum absolute atomic E-state index is 11.2. The van der Waals surface area contributed by atoms with Crippen molar-refractivity contribution in [3.63, 3.8) is 0 Å². The molecular weight excluding hydrogens is 210 g/mol. The third kappa shape index (κ3) is 4.98. The first-order valence-corrected chi connectivity index (χ1v) is 7.82. The van der Waals surface area contributed by atoms with Crippen molar-refractivity contribution in [2.75, 3.05) is 11.5 Å². The summed E-state index contributed by atoms with van der Waals surface area (Å²) >= 11 is 0. The summed E-state index contributed by atoms with van der Waals surface area (Å²) in [6.45, 7) is 4.39. The minimum Gasteiger partial charge on any atom is -0.311 e. The quantitative estimate of drug-likeness (QED) is 0.786. The first-order valence-electron chi connectivity index (χ1n) is 6.00. The van der Waals surface area contributed by atoms with Crippen LogP contribution in [-0.4, -0.2) is 32.0 Å². The van der Waals surface area contributed by atoms with E-state index in [4.69, 9.17) is 0 Å². The van der Waals surface area contributed by atoms with Crippen molar-refractivity contribution >= 4 is 9.84 Å². The van der Waals surface area contributed by atoms with Crippen LogP contribution in [0.2, 0.25) is 0 Å². The Morgan fingerprint density at radius 2 is 1.93 bits per heavy atom. The van der Waals surface area contributed by atoms with Gasteiger partial charge in [0, 0.05) is 12.1 Å². The Labute approximate surface area is 93.6 Å². The second-order valence-electron chi connectivity index (χ2n) is 4.64. The van der Waals surface area contributed by atoms with Gasteiger partial charge in [0.15, 0.2) is 0 Å². The van der Waals surface area contributed by atoms with E-state index in [1.54, 1.807) is 0 Å². The van der Waals surface area contributed by atoms with E-state index in [1.807, 2.05) is 0 Å². The van der Waals surface area contributed by atoms with E-state index < -0.39 is 9.84 Å². The zero-order chi connectivity index (χ0) is 11.3. The number of sulfone groups is 1. The van der Waals surface area contributed by atoms with Crippen LogP contribution < -0.4 is 5.32 Å². The van der Waals surface area contributed by atoms with Crippen LogP contribution in [0.3, 0.4) is 0 Å². The summed E-state index contributed by atoms with van der Waals surface area (Å²) in [5.74, 6) is 0.732. The van der Waals surface area contributed by atoms with E-state index in [1.165, 1.54) is 19.3 Å². The lowest BCUT2D eigenvalue weighted by molar-refractivity contribution is 0.393. The van der Waals surface area contributed by atoms with Crippen molar-refractivity contribution in [2.24, 2.45) is 0 Å². The molecule has 4 heteroatoms. The highest BCUT2D eigenvalue weighted by atomic mass is 32.2. The zero-order valence-corrected chi connectivity index (χ0v) is 10.6. The summed E-state index contributed by atoms with van der Waals surface area (Å²) in [5, 5.41) is 3.53. The van der Waals surface area contributed by atoms with E-state index in [0.717, 1.165) is 12.8 Å². The van der Waals surface area contributed by atoms with E-state index in [2.05, 4.69) is 19.2 Å². The molecule has 1 aliphatic heterocycles. The molecule has 15 heavy (non-hydrogen) atoms. The van der Waals surface area contributed by atoms with E-state index in [-0.39, 0.29) is 0 Å². The third-order valence-corrected chi connectivity index (χ3v) is 4.78. The van der Waals surface area contributed by atoms with Crippen LogP contribution in [-0.2, 0) is 9.84 Å². The Hall–Kier alpha value is -0.0900. The molecule has 1 rings (SSSR count). The lowest BCUT2D eigenvalue weighted by Gasteiger charge is -2.26. The molecule has 1 fully saturated rings. The van der Waals surface area contributed by atoms with Crippen LogP contribution >= 0.6 is 0 Å². The molecule has 0 aromatic heterocycles. The monoisotopic (exact) mass is 233 g/mol. The maximum atomic E-state index is 11.2. The number of rotatable bonds is 5. The third-order valence-electron chi connectivity index (χ3n) is 3.07. The highest BCUT2D eigenvalue weighted by molar-refractivity contribution is 7.91. The molecule has 1 saturated heterocycles. The second kappa shape index (κ2) is 5.85. The van der Waals surface area contributed by atoms with Crippen LogP contribution in [0, 0.1) is 0 Å². The molecule has 1 atom stereocenters. The van der Waals surface area contributed by atoms with Crippen molar-refractivity contribution in [3.8, 4) is 0 Å². The normalized spacial score (nSPS) is 23.9. The molecule has 0 aromatic rings. The van der Waals surface area contributed by atoms with Gasteiger partial charge >= 0.3 is 0 Å². The van der Waals surface area contributed by atoms with Crippen LogP contribution in [0.5, 0.6) is 0 Å². The lowest BCUT2D eigenvalue weighted by atomic mass is 10.1. The Balaban J connectivity index is 2.23. The molecule has 0 spiro atoms. The average molecular weight is 233 g/mol. The Morgan fingerprint density at radius 3 is 2.47 bits per heavy atom. The van der Waals surface area contributed by atoms with Gasteiger partial charge in [0.05, 0.1) is 11.5 Å². The van der Waals surface area contributed by atoms with E-state index in [9.17, 15) is 8.42 Å². The predicted octanol–water partition coefficient (Wildman–Crippen LogP) is 1.73. The summed E-state index contributed by atoms with van der Waals surface area (Å²) < 4.78 is 22.5. The van der Waals surface area contributed by atoms with Crippen LogP contribution in [0.15, 0.2) is 0 Å². The van der Waals surface area contributed by atoms with Gasteiger partial charge in [-0.1, -0.05) is 19.8 Å². The minimum atomic E-state index is -2.71. The topological polar surface area (TPSA) is 46.2 Å². The molecular formula is C11H23NO2S. The fraction of sp³-hybridized carbons (Fsp3) is 1.00. The minimum absolute atomic E-state index is 0.366. The molecule has 0 bridgehead atoms. The zero-order valence-electron chi connectivity index (χ0n) is 9.83. The highest BCUT2D eigenvalue weighted by Crippen LogP contribution is 2.13. The average Bonchev–Trinajstić information content (AvgIpc) is 2.18. The second-order valence-corrected chi connectivity index (χ2v) is 6.94. The van der Waals surface area contributed by atoms with Crippen molar-refractivity contribution in [3.05, 3.63) is 0 Å². The van der Waals surface area contributed by atoms with E-state index in [0.29, 0.717) is 23.6 Å². The fourth-order valence-corrected chi connectivity index (χ4v) is 3.54. The number of unbranched alkanes of at least 4 members (excludes halogenated alkanes) is 1. The van der Waals surface area contributed by atoms with E-state index >= 15 is 0 Å². The van der Waals surface area contributed by atoms with Crippen LogP contribution in [0.25, 0.3) is 0 Å². The van der Waals surface area contributed by atoms with Gasteiger partial charge in [-0.05, 0) is 26.2 Å². The molecule has 0 amide bonds. The van der Waals surface area contributed by atoms with Gasteiger partial charge in [-0.2, -0.15) is 0 Å². The maximum Gasteiger partial charge on any atom is 0.150 e. The lowest BCUT2D eigenvalue weighted by Crippen LogP contribution is -2.41. The molecule has 3 nitrogen and oxygen atoms in total. The molecule has 1 heterocycles. The standard InChI is InChI=1S/C11H23NO2S/c1-3-4-5-10(2)12-11-6-8-15(13,14)9-7-11/h10-12H,3-9H2,1-2H3. The molecule has 1 aliphatic rings. The summed E-state index contributed by atoms with van der Waals surface area (Å²) in [5.41, 5.74) is 0. The van der Waals surface area contributed by atoms with Gasteiger partial charge in [-0.15, -0.1) is 0 Å². The van der Waals surface area contributed by atoms with Gasteiger partial charge in [0.2, 0.25) is 0 Å². The molecule has 1 N–H and O–H groups in total. The van der Waals surface area contributed by atoms with Gasteiger partial charge in [-0.25, -0.2) is 8.42 Å². The Kier molecular flexibility index (Phi) is 5.06. The first-order chi connectivity index (χ1) is 7.03. The predicted molar refractivity (Wildman–Crippen MR) is 63.8 cm³/mol. The SMILES string of the molecule is CCCCC(C)NC1CCS(=O)(=O)CC1. The summed E-state index contributed by atoms with van der Waals surface area (Å²) in [4.78, 5) is 0. The summed E-state index contributed by atoms with van der Waals surface area (Å²) in [6, 6.07) is 0.941. The molecule has 0 aliphatic carbocycles. The Bertz CT molecular complexity index is 260. The van der Waals surface area contributed by atoms with Gasteiger partial charge < -0.3 is 5.32 Å². The van der Waals surface area contributed by atoms with Crippen molar-refractivity contribution in [1.29, 1.82) is 0 Å². The molecule has 1 unspecified atom stereocenters. The number of nitrogens with one attached hydrogen (secondary N) is 1. The molecule has 90 valence electrons. The van der Waals surface area contributed by atoms with Crippen molar-refractivity contribution in [2.45, 2.75) is 58.0 Å². The largest absolute Gasteiger partial charge is 0.311 e. The first kappa shape index (κ1) is 13.0. The van der Waals surface area contributed by atoms with Crippen molar-refractivity contribution < 1.29 is 8.42 Å². The van der Waals surface area contributed by atoms with Crippen molar-refractivity contribution in [1.82, 2.24) is 5.32 Å². The van der Waals surface area contributed by atoms with Crippen LogP contribution in [0.4, 0.5) is 0 Å². The number of hydrogen-bond donors (Lipinski definition) is 1. The number of hydrogen-bond acceptors (Lipinski definition) is 3. The summed E-state index contributed by atoms with van der Waals surface area (Å²) in [7, 11) is -2.71. The van der Waals surface area contributed by atoms with Gasteiger partial charge in [0.1, 0.15) is 9.84 Å². The van der Waals surface area contributed by atoms with Gasteiger partial charge in [-0.3, -0.25) is 0 Å². The highest BCUT2D eigenvalue weighted by Gasteiger charge is 2.23. The van der Waals surface area contributed by atoms with Crippen LogP contribution in [0.1, 0.15) is 46.0 Å². The smallest absolute Gasteiger partial charge is 0.150 e. The summed E-state index contributed by atoms with van der Waals surface area (Å²) in [6.07, 6.45) is 5.25. The Morgan fingerprint density at radius 1 is 1.33 bits per heavy atom. The molecule has 0 radical (unpaired) electrons. The fourth-order valence-electron chi connectivity index (χ4n) is 2.05. The molecule has 0 saturated carbocycles. The van der Waals surface area contributed by atoms with Gasteiger partial charge in [0.25, 0.3) is 0 Å². The molecule has 0 aromatic carbocycles.